The summed E-state index contributed by atoms with van der Waals surface area (Å²) in [6.07, 6.45) is 55.3. The van der Waals surface area contributed by atoms with Crippen LogP contribution in [-0.2, 0) is 65.4 Å². The fraction of sp³-hybridized carbons (Fsp3) is 0.949. The van der Waals surface area contributed by atoms with E-state index in [-0.39, 0.29) is 25.7 Å². The van der Waals surface area contributed by atoms with Gasteiger partial charge in [0.1, 0.15) is 19.3 Å². The van der Waals surface area contributed by atoms with Crippen LogP contribution in [0.2, 0.25) is 0 Å². The molecule has 3 N–H and O–H groups in total. The molecule has 0 aliphatic heterocycles. The summed E-state index contributed by atoms with van der Waals surface area (Å²) in [4.78, 5) is 72.9. The topological polar surface area (TPSA) is 237 Å². The predicted molar refractivity (Wildman–Crippen MR) is 395 cm³/mol. The quantitative estimate of drug-likeness (QED) is 0.0222. The van der Waals surface area contributed by atoms with Gasteiger partial charge in [0, 0.05) is 25.7 Å². The normalized spacial score (nSPS) is 14.0. The first-order valence-electron chi connectivity index (χ1n) is 40.3. The molecule has 17 nitrogen and oxygen atoms in total. The van der Waals surface area contributed by atoms with Gasteiger partial charge in [-0.2, -0.15) is 0 Å². The molecule has 0 saturated heterocycles. The molecule has 0 aliphatic rings. The van der Waals surface area contributed by atoms with Crippen molar-refractivity contribution in [1.82, 2.24) is 0 Å². The molecular weight excluding hydrogens is 1270 g/mol. The monoisotopic (exact) mass is 1420 g/mol. The zero-order chi connectivity index (χ0) is 71.6. The Hall–Kier alpha value is -1.94. The molecule has 0 heterocycles. The summed E-state index contributed by atoms with van der Waals surface area (Å²) in [6.45, 7) is 12.0. The van der Waals surface area contributed by atoms with E-state index in [4.69, 9.17) is 37.0 Å². The molecule has 0 saturated carbocycles. The van der Waals surface area contributed by atoms with E-state index in [9.17, 15) is 43.2 Å². The lowest BCUT2D eigenvalue weighted by molar-refractivity contribution is -0.161. The SMILES string of the molecule is CCCCCCCCCCCCC(=O)OC[C@H](COP(=O)(O)OC[C@H](O)COP(=O)(O)OC[C@@H](COC(=O)CCCCCCCCCCCCCCC(C)C)OC(=O)CCCCCCCCCCCCCCCCC(C)C)OC(=O)CCCCCCCCCCCCCCC(C)C. The molecule has 0 aromatic heterocycles. The number of aliphatic hydroxyl groups is 1. The third-order valence-electron chi connectivity index (χ3n) is 18.1. The molecule has 0 aromatic carbocycles. The molecular formula is C78H152O17P2. The standard InChI is InChI=1S/C78H152O17P2/c1-8-9-10-11-12-13-31-38-45-52-59-75(80)88-65-73(94-78(83)62-55-48-41-34-27-21-19-24-30-37-44-51-58-71(6)7)67-92-96(84,85)90-63-72(79)64-91-97(86,87)93-68-74(66-89-76(81)60-53-46-39-32-25-20-18-23-29-36-43-50-57-70(4)5)95-77(82)61-54-47-40-33-26-17-15-14-16-22-28-35-42-49-56-69(2)3/h69-74,79H,8-68H2,1-7H3,(H,84,85)(H,86,87)/t72-,73+,74+/m0/s1. The number of unbranched alkanes of at least 4 members (excludes halogenated alkanes) is 44. The summed E-state index contributed by atoms with van der Waals surface area (Å²) < 4.78 is 68.6. The molecule has 0 aromatic rings. The van der Waals surface area contributed by atoms with Crippen LogP contribution in [0.3, 0.4) is 0 Å². The van der Waals surface area contributed by atoms with Gasteiger partial charge in [-0.05, 0) is 43.4 Å². The number of hydrogen-bond donors (Lipinski definition) is 3. The summed E-state index contributed by atoms with van der Waals surface area (Å²) in [5.74, 6) is 0.240. The second kappa shape index (κ2) is 68.5. The fourth-order valence-corrected chi connectivity index (χ4v) is 13.5. The minimum absolute atomic E-state index is 0.107. The lowest BCUT2D eigenvalue weighted by Gasteiger charge is -2.21. The molecule has 5 atom stereocenters. The number of rotatable bonds is 76. The lowest BCUT2D eigenvalue weighted by atomic mass is 10.0. The number of hydrogen-bond acceptors (Lipinski definition) is 15. The van der Waals surface area contributed by atoms with Gasteiger partial charge in [-0.25, -0.2) is 9.13 Å². The van der Waals surface area contributed by atoms with Gasteiger partial charge in [0.15, 0.2) is 12.2 Å². The van der Waals surface area contributed by atoms with Crippen LogP contribution in [0.5, 0.6) is 0 Å². The summed E-state index contributed by atoms with van der Waals surface area (Å²) in [7, 11) is -9.92. The first kappa shape index (κ1) is 95.1. The summed E-state index contributed by atoms with van der Waals surface area (Å²) >= 11 is 0. The van der Waals surface area contributed by atoms with E-state index in [1.54, 1.807) is 0 Å². The second-order valence-electron chi connectivity index (χ2n) is 29.5. The highest BCUT2D eigenvalue weighted by Gasteiger charge is 2.30. The van der Waals surface area contributed by atoms with Gasteiger partial charge in [0.2, 0.25) is 0 Å². The molecule has 2 unspecified atom stereocenters. The van der Waals surface area contributed by atoms with Crippen LogP contribution in [0.15, 0.2) is 0 Å². The number of aliphatic hydroxyl groups excluding tert-OH is 1. The Morgan fingerprint density at radius 1 is 0.278 bits per heavy atom. The molecule has 0 fully saturated rings. The molecule has 0 rings (SSSR count). The van der Waals surface area contributed by atoms with E-state index < -0.39 is 97.5 Å². The Morgan fingerprint density at radius 3 is 0.701 bits per heavy atom. The van der Waals surface area contributed by atoms with Crippen molar-refractivity contribution in [3.63, 3.8) is 0 Å². The number of phosphoric acid groups is 2. The maximum Gasteiger partial charge on any atom is 0.472 e. The largest absolute Gasteiger partial charge is 0.472 e. The van der Waals surface area contributed by atoms with Crippen LogP contribution < -0.4 is 0 Å². The van der Waals surface area contributed by atoms with Gasteiger partial charge in [-0.3, -0.25) is 37.3 Å². The Balaban J connectivity index is 5.25. The molecule has 0 bridgehead atoms. The molecule has 0 spiro atoms. The number of esters is 4. The smallest absolute Gasteiger partial charge is 0.462 e. The van der Waals surface area contributed by atoms with E-state index in [0.717, 1.165) is 108 Å². The highest BCUT2D eigenvalue weighted by atomic mass is 31.2. The lowest BCUT2D eigenvalue weighted by Crippen LogP contribution is -2.30. The zero-order valence-corrected chi connectivity index (χ0v) is 65.3. The van der Waals surface area contributed by atoms with E-state index in [0.29, 0.717) is 25.7 Å². The Bertz CT molecular complexity index is 1890. The second-order valence-corrected chi connectivity index (χ2v) is 32.4. The third kappa shape index (κ3) is 72.2. The van der Waals surface area contributed by atoms with Gasteiger partial charge in [0.05, 0.1) is 26.4 Å². The molecule has 19 heteroatoms. The highest BCUT2D eigenvalue weighted by Crippen LogP contribution is 2.45. The van der Waals surface area contributed by atoms with E-state index in [2.05, 4.69) is 48.5 Å². The summed E-state index contributed by atoms with van der Waals surface area (Å²) in [5, 5.41) is 10.6. The van der Waals surface area contributed by atoms with Crippen LogP contribution in [0.1, 0.15) is 402 Å². The first-order valence-corrected chi connectivity index (χ1v) is 43.3. The molecule has 0 amide bonds. The zero-order valence-electron chi connectivity index (χ0n) is 63.5. The number of carbonyl (C=O) groups is 4. The van der Waals surface area contributed by atoms with Crippen molar-refractivity contribution in [3.8, 4) is 0 Å². The summed E-state index contributed by atoms with van der Waals surface area (Å²) in [6, 6.07) is 0. The molecule has 576 valence electrons. The van der Waals surface area contributed by atoms with Crippen molar-refractivity contribution in [3.05, 3.63) is 0 Å². The van der Waals surface area contributed by atoms with Gasteiger partial charge < -0.3 is 33.8 Å². The molecule has 0 radical (unpaired) electrons. The van der Waals surface area contributed by atoms with Gasteiger partial charge in [0.25, 0.3) is 0 Å². The highest BCUT2D eigenvalue weighted by molar-refractivity contribution is 7.47. The van der Waals surface area contributed by atoms with Crippen molar-refractivity contribution in [1.29, 1.82) is 0 Å². The van der Waals surface area contributed by atoms with Gasteiger partial charge >= 0.3 is 39.5 Å². The van der Waals surface area contributed by atoms with Crippen LogP contribution in [0.25, 0.3) is 0 Å². The Labute approximate surface area is 594 Å². The first-order chi connectivity index (χ1) is 46.7. The minimum Gasteiger partial charge on any atom is -0.462 e. The maximum absolute atomic E-state index is 13.1. The third-order valence-corrected chi connectivity index (χ3v) is 20.0. The van der Waals surface area contributed by atoms with Gasteiger partial charge in [-0.1, -0.05) is 350 Å². The van der Waals surface area contributed by atoms with Crippen LogP contribution >= 0.6 is 15.6 Å². The van der Waals surface area contributed by atoms with Crippen molar-refractivity contribution in [2.24, 2.45) is 17.8 Å². The average Bonchev–Trinajstić information content (AvgIpc) is 1.44. The van der Waals surface area contributed by atoms with E-state index in [1.165, 1.54) is 212 Å². The number of phosphoric ester groups is 2. The van der Waals surface area contributed by atoms with Crippen molar-refractivity contribution in [2.75, 3.05) is 39.6 Å². The van der Waals surface area contributed by atoms with Crippen LogP contribution in [0, 0.1) is 17.8 Å². The number of ether oxygens (including phenoxy) is 4. The Kier molecular flexibility index (Phi) is 67.1. The fourth-order valence-electron chi connectivity index (χ4n) is 12.0. The number of carbonyl (C=O) groups excluding carboxylic acids is 4. The van der Waals surface area contributed by atoms with Crippen LogP contribution in [0.4, 0.5) is 0 Å². The van der Waals surface area contributed by atoms with Crippen molar-refractivity contribution < 1.29 is 80.2 Å². The van der Waals surface area contributed by atoms with Crippen molar-refractivity contribution >= 4 is 39.5 Å². The average molecular weight is 1420 g/mol. The van der Waals surface area contributed by atoms with E-state index in [1.807, 2.05) is 0 Å². The molecule has 97 heavy (non-hydrogen) atoms. The summed E-state index contributed by atoms with van der Waals surface area (Å²) in [5.41, 5.74) is 0. The van der Waals surface area contributed by atoms with Gasteiger partial charge in [-0.15, -0.1) is 0 Å². The maximum atomic E-state index is 13.1. The van der Waals surface area contributed by atoms with Crippen LogP contribution in [-0.4, -0.2) is 96.7 Å². The molecule has 0 aliphatic carbocycles. The minimum atomic E-state index is -4.96. The predicted octanol–water partition coefficient (Wildman–Crippen LogP) is 23.0. The van der Waals surface area contributed by atoms with Crippen molar-refractivity contribution in [2.45, 2.75) is 420 Å². The Morgan fingerprint density at radius 2 is 0.474 bits per heavy atom. The van der Waals surface area contributed by atoms with E-state index >= 15 is 0 Å².